The molecule has 2 aromatic heterocycles. The molecule has 0 amide bonds. The van der Waals surface area contributed by atoms with Gasteiger partial charge in [0.2, 0.25) is 5.28 Å². The van der Waals surface area contributed by atoms with E-state index in [1.54, 1.807) is 12.1 Å². The van der Waals surface area contributed by atoms with Crippen molar-refractivity contribution < 1.29 is 0 Å². The van der Waals surface area contributed by atoms with Gasteiger partial charge in [-0.1, -0.05) is 11.6 Å². The van der Waals surface area contributed by atoms with E-state index >= 15 is 0 Å². The van der Waals surface area contributed by atoms with Crippen molar-refractivity contribution in [2.24, 2.45) is 0 Å². The van der Waals surface area contributed by atoms with Gasteiger partial charge in [-0.25, -0.2) is 9.97 Å². The monoisotopic (exact) mass is 214 g/mol. The topological polar surface area (TPSA) is 64.7 Å². The van der Waals surface area contributed by atoms with Crippen LogP contribution in [0, 0.1) is 0 Å². The van der Waals surface area contributed by atoms with E-state index in [9.17, 15) is 0 Å². The predicted molar refractivity (Wildman–Crippen MR) is 51.8 cm³/mol. The molecule has 0 unspecified atom stereocenters. The van der Waals surface area contributed by atoms with E-state index in [-0.39, 0.29) is 5.28 Å². The Labute approximate surface area is 83.7 Å². The van der Waals surface area contributed by atoms with Crippen molar-refractivity contribution in [1.82, 2.24) is 15.0 Å². The minimum Gasteiger partial charge on any atom is -0.383 e. The number of hydrogen-bond donors (Lipinski definition) is 1. The standard InChI is InChI=1S/C7H4Cl2N4/c8-4-2-1-3-5(10)12-7(9)13-6(3)11-4/h1-2H,(H2,10,11,12,13). The fourth-order valence-electron chi connectivity index (χ4n) is 0.982. The maximum atomic E-state index is 5.67. The van der Waals surface area contributed by atoms with E-state index in [4.69, 9.17) is 28.9 Å². The molecule has 0 spiro atoms. The third kappa shape index (κ3) is 1.50. The van der Waals surface area contributed by atoms with Gasteiger partial charge in [0.15, 0.2) is 5.65 Å². The smallest absolute Gasteiger partial charge is 0.226 e. The highest BCUT2D eigenvalue weighted by Crippen LogP contribution is 2.19. The van der Waals surface area contributed by atoms with E-state index in [2.05, 4.69) is 15.0 Å². The summed E-state index contributed by atoms with van der Waals surface area (Å²) in [6.07, 6.45) is 0. The molecule has 66 valence electrons. The van der Waals surface area contributed by atoms with E-state index in [1.165, 1.54) is 0 Å². The first kappa shape index (κ1) is 8.47. The van der Waals surface area contributed by atoms with Crippen molar-refractivity contribution in [3.8, 4) is 0 Å². The molecule has 4 nitrogen and oxygen atoms in total. The quantitative estimate of drug-likeness (QED) is 0.538. The van der Waals surface area contributed by atoms with Crippen molar-refractivity contribution in [2.75, 3.05) is 5.73 Å². The molecule has 6 heteroatoms. The van der Waals surface area contributed by atoms with Crippen LogP contribution in [0.25, 0.3) is 11.0 Å². The predicted octanol–water partition coefficient (Wildman–Crippen LogP) is 1.91. The molecular formula is C7H4Cl2N4. The normalized spacial score (nSPS) is 10.6. The summed E-state index contributed by atoms with van der Waals surface area (Å²) in [6.45, 7) is 0. The summed E-state index contributed by atoms with van der Waals surface area (Å²) >= 11 is 11.3. The lowest BCUT2D eigenvalue weighted by Gasteiger charge is -1.99. The number of nitrogen functional groups attached to an aromatic ring is 1. The van der Waals surface area contributed by atoms with E-state index < -0.39 is 0 Å². The van der Waals surface area contributed by atoms with Crippen LogP contribution in [0.15, 0.2) is 12.1 Å². The van der Waals surface area contributed by atoms with Crippen molar-refractivity contribution in [1.29, 1.82) is 0 Å². The molecule has 0 aromatic carbocycles. The summed E-state index contributed by atoms with van der Waals surface area (Å²) in [6, 6.07) is 3.33. The molecule has 2 N–H and O–H groups in total. The van der Waals surface area contributed by atoms with Crippen molar-refractivity contribution in [3.05, 3.63) is 22.6 Å². The number of nitrogens with zero attached hydrogens (tertiary/aromatic N) is 3. The first-order valence-electron chi connectivity index (χ1n) is 3.42. The van der Waals surface area contributed by atoms with Crippen LogP contribution in [0.4, 0.5) is 5.82 Å². The van der Waals surface area contributed by atoms with Crippen LogP contribution in [0.5, 0.6) is 0 Å². The average Bonchev–Trinajstić information content (AvgIpc) is 2.02. The van der Waals surface area contributed by atoms with Gasteiger partial charge in [0, 0.05) is 0 Å². The zero-order chi connectivity index (χ0) is 9.42. The number of aromatic nitrogens is 3. The fourth-order valence-corrected chi connectivity index (χ4v) is 1.30. The lowest BCUT2D eigenvalue weighted by atomic mass is 10.3. The molecule has 13 heavy (non-hydrogen) atoms. The van der Waals surface area contributed by atoms with Gasteiger partial charge in [0.1, 0.15) is 11.0 Å². The fraction of sp³-hybridized carbons (Fsp3) is 0. The summed E-state index contributed by atoms with van der Waals surface area (Å²) in [7, 11) is 0. The van der Waals surface area contributed by atoms with Crippen LogP contribution in [-0.4, -0.2) is 15.0 Å². The third-order valence-electron chi connectivity index (χ3n) is 1.53. The molecule has 2 heterocycles. The second kappa shape index (κ2) is 2.97. The van der Waals surface area contributed by atoms with Gasteiger partial charge in [0.25, 0.3) is 0 Å². The number of halogens is 2. The molecule has 0 atom stereocenters. The average molecular weight is 215 g/mol. The van der Waals surface area contributed by atoms with Crippen LogP contribution in [-0.2, 0) is 0 Å². The highest BCUT2D eigenvalue weighted by molar-refractivity contribution is 6.30. The molecule has 0 fully saturated rings. The zero-order valence-electron chi connectivity index (χ0n) is 6.33. The lowest BCUT2D eigenvalue weighted by molar-refractivity contribution is 1.19. The second-order valence-electron chi connectivity index (χ2n) is 2.38. The summed E-state index contributed by atoms with van der Waals surface area (Å²) in [5, 5.41) is 1.07. The van der Waals surface area contributed by atoms with Crippen LogP contribution in [0.1, 0.15) is 0 Å². The Kier molecular flexibility index (Phi) is 1.94. The number of hydrogen-bond acceptors (Lipinski definition) is 4. The Bertz CT molecular complexity index is 466. The first-order chi connectivity index (χ1) is 6.16. The van der Waals surface area contributed by atoms with Crippen molar-refractivity contribution in [2.45, 2.75) is 0 Å². The van der Waals surface area contributed by atoms with Gasteiger partial charge in [-0.3, -0.25) is 0 Å². The maximum absolute atomic E-state index is 5.67. The number of pyridine rings is 1. The molecule has 0 aliphatic heterocycles. The Hall–Kier alpha value is -1.13. The van der Waals surface area contributed by atoms with Crippen LogP contribution < -0.4 is 5.73 Å². The number of nitrogens with two attached hydrogens (primary N) is 1. The van der Waals surface area contributed by atoms with Gasteiger partial charge >= 0.3 is 0 Å². The largest absolute Gasteiger partial charge is 0.383 e. The molecule has 0 saturated heterocycles. The molecule has 0 aliphatic carbocycles. The minimum absolute atomic E-state index is 0.0692. The van der Waals surface area contributed by atoms with E-state index in [1.807, 2.05) is 0 Å². The van der Waals surface area contributed by atoms with E-state index in [0.717, 1.165) is 0 Å². The Morgan fingerprint density at radius 1 is 1.08 bits per heavy atom. The third-order valence-corrected chi connectivity index (χ3v) is 1.91. The molecule has 0 bridgehead atoms. The van der Waals surface area contributed by atoms with Gasteiger partial charge in [0.05, 0.1) is 5.39 Å². The Morgan fingerprint density at radius 3 is 2.62 bits per heavy atom. The summed E-state index contributed by atoms with van der Waals surface area (Å²) < 4.78 is 0. The summed E-state index contributed by atoms with van der Waals surface area (Å²) in [5.74, 6) is 0.305. The second-order valence-corrected chi connectivity index (χ2v) is 3.11. The lowest BCUT2D eigenvalue weighted by Crippen LogP contribution is -1.96. The molecular weight excluding hydrogens is 211 g/mol. The molecule has 2 aromatic rings. The highest BCUT2D eigenvalue weighted by Gasteiger charge is 2.04. The molecule has 0 aliphatic rings. The number of fused-ring (bicyclic) bond motifs is 1. The van der Waals surface area contributed by atoms with Gasteiger partial charge in [-0.05, 0) is 23.7 Å². The van der Waals surface area contributed by atoms with Crippen molar-refractivity contribution >= 4 is 40.1 Å². The van der Waals surface area contributed by atoms with Gasteiger partial charge in [-0.2, -0.15) is 4.98 Å². The molecule has 0 saturated carbocycles. The van der Waals surface area contributed by atoms with Crippen molar-refractivity contribution in [3.63, 3.8) is 0 Å². The first-order valence-corrected chi connectivity index (χ1v) is 4.17. The maximum Gasteiger partial charge on any atom is 0.226 e. The van der Waals surface area contributed by atoms with Gasteiger partial charge in [-0.15, -0.1) is 0 Å². The van der Waals surface area contributed by atoms with Gasteiger partial charge < -0.3 is 5.73 Å². The Balaban J connectivity index is 2.86. The Morgan fingerprint density at radius 2 is 1.85 bits per heavy atom. The summed E-state index contributed by atoms with van der Waals surface area (Å²) in [5.41, 5.74) is 6.00. The molecule has 2 rings (SSSR count). The SMILES string of the molecule is Nc1nc(Cl)nc2nc(Cl)ccc12. The summed E-state index contributed by atoms with van der Waals surface area (Å²) in [4.78, 5) is 11.6. The van der Waals surface area contributed by atoms with E-state index in [0.29, 0.717) is 22.0 Å². The number of rotatable bonds is 0. The van der Waals surface area contributed by atoms with Crippen LogP contribution in [0.3, 0.4) is 0 Å². The van der Waals surface area contributed by atoms with Crippen LogP contribution >= 0.6 is 23.2 Å². The number of anilines is 1. The minimum atomic E-state index is 0.0692. The molecule has 0 radical (unpaired) electrons. The van der Waals surface area contributed by atoms with Crippen LogP contribution in [0.2, 0.25) is 10.4 Å². The zero-order valence-corrected chi connectivity index (χ0v) is 7.84. The highest BCUT2D eigenvalue weighted by atomic mass is 35.5.